The molecule has 2 heterocycles. The number of carbonyl (C=O) groups excluding carboxylic acids is 3. The lowest BCUT2D eigenvalue weighted by molar-refractivity contribution is -0.125. The highest BCUT2D eigenvalue weighted by Gasteiger charge is 2.29. The molecule has 0 aliphatic carbocycles. The van der Waals surface area contributed by atoms with Gasteiger partial charge in [-0.05, 0) is 67.7 Å². The maximum Gasteiger partial charge on any atom is 0.265 e. The lowest BCUT2D eigenvalue weighted by atomic mass is 9.95. The number of carbonyl (C=O) groups is 3. The molecule has 8 nitrogen and oxygen atoms in total. The Labute approximate surface area is 235 Å². The predicted molar refractivity (Wildman–Crippen MR) is 156 cm³/mol. The van der Waals surface area contributed by atoms with Crippen molar-refractivity contribution in [3.63, 3.8) is 0 Å². The van der Waals surface area contributed by atoms with E-state index < -0.39 is 0 Å². The Morgan fingerprint density at radius 3 is 2.38 bits per heavy atom. The van der Waals surface area contributed by atoms with Crippen LogP contribution >= 0.6 is 0 Å². The zero-order chi connectivity index (χ0) is 27.9. The Bertz CT molecular complexity index is 1340. The van der Waals surface area contributed by atoms with E-state index in [0.717, 1.165) is 25.2 Å². The molecule has 0 bridgehead atoms. The van der Waals surface area contributed by atoms with Crippen LogP contribution in [0.25, 0.3) is 11.1 Å². The summed E-state index contributed by atoms with van der Waals surface area (Å²) in [6, 6.07) is 23.8. The van der Waals surface area contributed by atoms with Crippen molar-refractivity contribution < 1.29 is 19.1 Å². The number of rotatable bonds is 10. The summed E-state index contributed by atoms with van der Waals surface area (Å²) in [5.41, 5.74) is 4.34. The van der Waals surface area contributed by atoms with Crippen molar-refractivity contribution in [2.75, 3.05) is 50.8 Å². The van der Waals surface area contributed by atoms with Gasteiger partial charge in [0.15, 0.2) is 6.61 Å². The van der Waals surface area contributed by atoms with Crippen LogP contribution in [0.3, 0.4) is 0 Å². The molecule has 0 spiro atoms. The topological polar surface area (TPSA) is 91.0 Å². The second-order valence-corrected chi connectivity index (χ2v) is 10.3. The number of nitrogens with one attached hydrogen (secondary N) is 2. The number of hydrogen-bond donors (Lipinski definition) is 2. The Kier molecular flexibility index (Phi) is 8.76. The molecule has 3 aromatic carbocycles. The average molecular weight is 541 g/mol. The highest BCUT2D eigenvalue weighted by atomic mass is 16.5. The fourth-order valence-electron chi connectivity index (χ4n) is 5.36. The molecule has 2 aliphatic rings. The molecule has 1 unspecified atom stereocenters. The van der Waals surface area contributed by atoms with Crippen LogP contribution in [0.4, 0.5) is 5.69 Å². The molecule has 1 saturated heterocycles. The van der Waals surface area contributed by atoms with Crippen LogP contribution in [0.15, 0.2) is 72.8 Å². The molecule has 0 saturated carbocycles. The van der Waals surface area contributed by atoms with Gasteiger partial charge in [0.1, 0.15) is 12.3 Å². The lowest BCUT2D eigenvalue weighted by Crippen LogP contribution is -2.46. The maximum atomic E-state index is 13.2. The molecule has 2 aliphatic heterocycles. The fraction of sp³-hybridized carbons (Fsp3) is 0.344. The van der Waals surface area contributed by atoms with Gasteiger partial charge >= 0.3 is 0 Å². The van der Waals surface area contributed by atoms with Crippen LogP contribution in [-0.4, -0.2) is 68.5 Å². The molecule has 40 heavy (non-hydrogen) atoms. The van der Waals surface area contributed by atoms with Gasteiger partial charge in [-0.25, -0.2) is 0 Å². The minimum Gasteiger partial charge on any atom is -0.482 e. The molecule has 5 rings (SSSR count). The van der Waals surface area contributed by atoms with Crippen molar-refractivity contribution in [3.8, 4) is 16.9 Å². The summed E-state index contributed by atoms with van der Waals surface area (Å²) in [6.07, 6.45) is 2.39. The quantitative estimate of drug-likeness (QED) is 0.408. The van der Waals surface area contributed by atoms with E-state index in [0.29, 0.717) is 30.1 Å². The molecule has 0 radical (unpaired) electrons. The fourth-order valence-corrected chi connectivity index (χ4v) is 5.36. The van der Waals surface area contributed by atoms with Gasteiger partial charge in [-0.3, -0.25) is 19.3 Å². The van der Waals surface area contributed by atoms with E-state index in [9.17, 15) is 14.4 Å². The monoisotopic (exact) mass is 540 g/mol. The average Bonchev–Trinajstić information content (AvgIpc) is 3.50. The highest BCUT2D eigenvalue weighted by Crippen LogP contribution is 2.33. The number of hydrogen-bond acceptors (Lipinski definition) is 5. The van der Waals surface area contributed by atoms with E-state index in [1.165, 1.54) is 28.9 Å². The van der Waals surface area contributed by atoms with Crippen molar-refractivity contribution in [2.45, 2.75) is 25.7 Å². The van der Waals surface area contributed by atoms with Crippen LogP contribution in [0.5, 0.6) is 5.75 Å². The van der Waals surface area contributed by atoms with E-state index in [-0.39, 0.29) is 36.8 Å². The zero-order valence-corrected chi connectivity index (χ0v) is 22.9. The third-order valence-corrected chi connectivity index (χ3v) is 7.52. The van der Waals surface area contributed by atoms with E-state index in [1.54, 1.807) is 18.2 Å². The molecule has 8 heteroatoms. The van der Waals surface area contributed by atoms with Crippen molar-refractivity contribution in [1.29, 1.82) is 0 Å². The Morgan fingerprint density at radius 2 is 1.65 bits per heavy atom. The summed E-state index contributed by atoms with van der Waals surface area (Å²) in [6.45, 7) is 5.51. The summed E-state index contributed by atoms with van der Waals surface area (Å²) in [4.78, 5) is 42.1. The normalized spacial score (nSPS) is 15.7. The summed E-state index contributed by atoms with van der Waals surface area (Å²) >= 11 is 0. The van der Waals surface area contributed by atoms with Gasteiger partial charge in [-0.2, -0.15) is 0 Å². The molecule has 3 aromatic rings. The second kappa shape index (κ2) is 12.8. The van der Waals surface area contributed by atoms with E-state index in [2.05, 4.69) is 51.9 Å². The maximum absolute atomic E-state index is 13.2. The number of nitrogens with zero attached hydrogens (tertiary/aromatic N) is 2. The van der Waals surface area contributed by atoms with Crippen molar-refractivity contribution in [3.05, 3.63) is 83.9 Å². The molecular formula is C32H36N4O4. The number of fused-ring (bicyclic) bond motifs is 1. The third kappa shape index (κ3) is 6.51. The summed E-state index contributed by atoms with van der Waals surface area (Å²) < 4.78 is 5.55. The first-order valence-corrected chi connectivity index (χ1v) is 14.0. The highest BCUT2D eigenvalue weighted by molar-refractivity contribution is 6.04. The smallest absolute Gasteiger partial charge is 0.265 e. The lowest BCUT2D eigenvalue weighted by Gasteiger charge is -2.30. The number of likely N-dealkylation sites (tertiary alicyclic amines) is 1. The van der Waals surface area contributed by atoms with Crippen molar-refractivity contribution in [2.24, 2.45) is 0 Å². The minimum absolute atomic E-state index is 0.115. The summed E-state index contributed by atoms with van der Waals surface area (Å²) in [7, 11) is 0. The third-order valence-electron chi connectivity index (χ3n) is 7.52. The van der Waals surface area contributed by atoms with Crippen LogP contribution in [0, 0.1) is 0 Å². The molecule has 208 valence electrons. The number of anilines is 1. The molecule has 1 atom stereocenters. The van der Waals surface area contributed by atoms with Gasteiger partial charge in [0.2, 0.25) is 5.91 Å². The first-order valence-electron chi connectivity index (χ1n) is 14.0. The van der Waals surface area contributed by atoms with Gasteiger partial charge in [-0.1, -0.05) is 54.6 Å². The number of ether oxygens (including phenoxy) is 1. The zero-order valence-electron chi connectivity index (χ0n) is 22.9. The predicted octanol–water partition coefficient (Wildman–Crippen LogP) is 3.82. The van der Waals surface area contributed by atoms with E-state index in [1.807, 2.05) is 25.1 Å². The molecule has 3 amide bonds. The largest absolute Gasteiger partial charge is 0.482 e. The minimum atomic E-state index is -0.319. The van der Waals surface area contributed by atoms with Crippen LogP contribution < -0.4 is 20.3 Å². The Balaban J connectivity index is 1.28. The Morgan fingerprint density at radius 1 is 0.925 bits per heavy atom. The van der Waals surface area contributed by atoms with Crippen LogP contribution in [0.2, 0.25) is 0 Å². The van der Waals surface area contributed by atoms with Crippen LogP contribution in [-0.2, 0) is 9.59 Å². The van der Waals surface area contributed by atoms with Gasteiger partial charge in [0.25, 0.3) is 11.8 Å². The second-order valence-electron chi connectivity index (χ2n) is 10.3. The molecule has 0 aromatic heterocycles. The first-order chi connectivity index (χ1) is 19.5. The van der Waals surface area contributed by atoms with Crippen LogP contribution in [0.1, 0.15) is 41.6 Å². The Hall–Kier alpha value is -4.17. The van der Waals surface area contributed by atoms with Gasteiger partial charge in [-0.15, -0.1) is 0 Å². The molecule has 1 fully saturated rings. The van der Waals surface area contributed by atoms with Gasteiger partial charge in [0.05, 0.1) is 5.69 Å². The standard InChI is InChI=1S/C32H36N4O4/c1-2-33-32(39)26-14-15-29-28(18-26)36(31(38)22-40-29)21-30(37)34-19-27(20-35-16-6-7-17-35)25-12-10-24(11-13-25)23-8-4-3-5-9-23/h3-5,8-15,18,27H,2,6-7,16-17,19-22H2,1H3,(H,33,39)(H,34,37). The SMILES string of the molecule is CCNC(=O)c1ccc2c(c1)N(CC(=O)NCC(CN1CCCC1)c1ccc(-c3ccccc3)cc1)C(=O)CO2. The molecule has 2 N–H and O–H groups in total. The molecular weight excluding hydrogens is 504 g/mol. The van der Waals surface area contributed by atoms with Gasteiger partial charge in [0, 0.05) is 31.1 Å². The summed E-state index contributed by atoms with van der Waals surface area (Å²) in [5, 5.41) is 5.84. The van der Waals surface area contributed by atoms with Crippen molar-refractivity contribution >= 4 is 23.4 Å². The number of benzene rings is 3. The van der Waals surface area contributed by atoms with Crippen molar-refractivity contribution in [1.82, 2.24) is 15.5 Å². The number of amides is 3. The van der Waals surface area contributed by atoms with E-state index in [4.69, 9.17) is 4.74 Å². The summed E-state index contributed by atoms with van der Waals surface area (Å²) in [5.74, 6) is -0.219. The van der Waals surface area contributed by atoms with Gasteiger partial charge < -0.3 is 20.3 Å². The van der Waals surface area contributed by atoms with E-state index >= 15 is 0 Å². The first kappa shape index (κ1) is 27.4.